The van der Waals surface area contributed by atoms with E-state index in [1.165, 1.54) is 32.1 Å². The van der Waals surface area contributed by atoms with Crippen molar-refractivity contribution in [2.24, 2.45) is 23.7 Å². The fourth-order valence-electron chi connectivity index (χ4n) is 7.07. The molecule has 0 heterocycles. The van der Waals surface area contributed by atoms with E-state index in [4.69, 9.17) is 5.21 Å². The van der Waals surface area contributed by atoms with Gasteiger partial charge in [-0.1, -0.05) is 24.3 Å². The van der Waals surface area contributed by atoms with E-state index in [-0.39, 0.29) is 0 Å². The second kappa shape index (κ2) is 7.10. The largest absolute Gasteiger partial charge is 0.508 e. The summed E-state index contributed by atoms with van der Waals surface area (Å²) in [6.45, 7) is 0. The van der Waals surface area contributed by atoms with Crippen LogP contribution in [0.25, 0.3) is 21.9 Å². The van der Waals surface area contributed by atoms with Crippen LogP contribution >= 0.6 is 0 Å². The molecule has 3 aromatic rings. The van der Waals surface area contributed by atoms with Crippen molar-refractivity contribution in [3.63, 3.8) is 0 Å². The fourth-order valence-corrected chi connectivity index (χ4v) is 7.07. The average molecular weight is 414 g/mol. The highest BCUT2D eigenvalue weighted by atomic mass is 16.5. The van der Waals surface area contributed by atoms with E-state index in [1.807, 2.05) is 24.3 Å². The molecule has 4 bridgehead atoms. The van der Waals surface area contributed by atoms with E-state index in [0.717, 1.165) is 51.1 Å². The minimum Gasteiger partial charge on any atom is -0.508 e. The SMILES string of the molecule is O=C(NO)c1ccc2cc(-c3ccc(O)c(C4C5CC6CC(C5)CC4C6)c3)ccc2c1. The fraction of sp³-hybridized carbons (Fsp3) is 0.370. The Morgan fingerprint density at radius 3 is 2.10 bits per heavy atom. The molecule has 0 unspecified atom stereocenters. The molecule has 158 valence electrons. The molecule has 7 rings (SSSR count). The molecule has 0 radical (unpaired) electrons. The van der Waals surface area contributed by atoms with E-state index >= 15 is 0 Å². The molecule has 0 atom stereocenters. The zero-order chi connectivity index (χ0) is 21.1. The highest BCUT2D eigenvalue weighted by molar-refractivity contribution is 5.98. The Balaban J connectivity index is 1.36. The summed E-state index contributed by atoms with van der Waals surface area (Å²) in [5, 5.41) is 21.6. The van der Waals surface area contributed by atoms with Gasteiger partial charge in [-0.15, -0.1) is 0 Å². The molecule has 0 aliphatic heterocycles. The molecule has 31 heavy (non-hydrogen) atoms. The number of rotatable bonds is 3. The van der Waals surface area contributed by atoms with Crippen molar-refractivity contribution in [2.75, 3.05) is 0 Å². The molecule has 4 aliphatic carbocycles. The number of carbonyl (C=O) groups excluding carboxylic acids is 1. The van der Waals surface area contributed by atoms with Crippen LogP contribution in [0.5, 0.6) is 5.75 Å². The predicted molar refractivity (Wildman–Crippen MR) is 120 cm³/mol. The third-order valence-electron chi connectivity index (χ3n) is 8.15. The third kappa shape index (κ3) is 3.12. The number of benzene rings is 3. The topological polar surface area (TPSA) is 69.6 Å². The predicted octanol–water partition coefficient (Wildman–Crippen LogP) is 5.87. The molecule has 0 saturated heterocycles. The van der Waals surface area contributed by atoms with E-state index in [9.17, 15) is 9.90 Å². The molecule has 0 aromatic heterocycles. The van der Waals surface area contributed by atoms with Crippen LogP contribution in [0.2, 0.25) is 0 Å². The Morgan fingerprint density at radius 2 is 1.39 bits per heavy atom. The van der Waals surface area contributed by atoms with E-state index < -0.39 is 5.91 Å². The number of carbonyl (C=O) groups is 1. The van der Waals surface area contributed by atoms with Gasteiger partial charge < -0.3 is 5.11 Å². The lowest BCUT2D eigenvalue weighted by Crippen LogP contribution is -2.43. The Labute approximate surface area is 181 Å². The summed E-state index contributed by atoms with van der Waals surface area (Å²) < 4.78 is 0. The van der Waals surface area contributed by atoms with Gasteiger partial charge in [0, 0.05) is 5.56 Å². The van der Waals surface area contributed by atoms with Crippen molar-refractivity contribution in [3.8, 4) is 16.9 Å². The Bertz CT molecular complexity index is 1160. The molecule has 4 nitrogen and oxygen atoms in total. The minimum absolute atomic E-state index is 0.427. The normalized spacial score (nSPS) is 28.7. The monoisotopic (exact) mass is 413 g/mol. The maximum absolute atomic E-state index is 11.7. The molecule has 4 heteroatoms. The molecule has 3 N–H and O–H groups in total. The van der Waals surface area contributed by atoms with Gasteiger partial charge in [-0.2, -0.15) is 0 Å². The number of aromatic hydroxyl groups is 1. The first-order valence-electron chi connectivity index (χ1n) is 11.4. The number of phenolic OH excluding ortho intramolecular Hbond substituents is 1. The van der Waals surface area contributed by atoms with Crippen molar-refractivity contribution < 1.29 is 15.1 Å². The first kappa shape index (κ1) is 18.9. The Hall–Kier alpha value is -2.85. The van der Waals surface area contributed by atoms with Crippen LogP contribution in [0.1, 0.15) is 53.9 Å². The lowest BCUT2D eigenvalue weighted by Gasteiger charge is -2.54. The van der Waals surface area contributed by atoms with Crippen LogP contribution in [-0.2, 0) is 0 Å². The van der Waals surface area contributed by atoms with Crippen molar-refractivity contribution in [1.29, 1.82) is 0 Å². The Kier molecular flexibility index (Phi) is 4.32. The van der Waals surface area contributed by atoms with Gasteiger partial charge in [-0.05, 0) is 119 Å². The van der Waals surface area contributed by atoms with E-state index in [2.05, 4.69) is 18.2 Å². The zero-order valence-corrected chi connectivity index (χ0v) is 17.4. The second-order valence-corrected chi connectivity index (χ2v) is 9.95. The number of hydrogen-bond donors (Lipinski definition) is 3. The second-order valence-electron chi connectivity index (χ2n) is 9.95. The summed E-state index contributed by atoms with van der Waals surface area (Å²) in [6, 6.07) is 17.7. The van der Waals surface area contributed by atoms with Gasteiger partial charge in [0.15, 0.2) is 0 Å². The molecule has 4 fully saturated rings. The molecular formula is C27H27NO3. The molecule has 3 aromatic carbocycles. The summed E-state index contributed by atoms with van der Waals surface area (Å²) in [6.07, 6.45) is 6.77. The molecule has 4 saturated carbocycles. The van der Waals surface area contributed by atoms with Gasteiger partial charge in [0.25, 0.3) is 5.91 Å². The van der Waals surface area contributed by atoms with Crippen LogP contribution < -0.4 is 5.48 Å². The number of phenols is 1. The highest BCUT2D eigenvalue weighted by Crippen LogP contribution is 2.60. The molecular weight excluding hydrogens is 386 g/mol. The summed E-state index contributed by atoms with van der Waals surface area (Å²) in [4.78, 5) is 11.7. The number of nitrogens with one attached hydrogen (secondary N) is 1. The average Bonchev–Trinajstić information content (AvgIpc) is 2.78. The van der Waals surface area contributed by atoms with Gasteiger partial charge in [-0.3, -0.25) is 10.0 Å². The number of amides is 1. The van der Waals surface area contributed by atoms with E-state index in [0.29, 0.717) is 17.2 Å². The van der Waals surface area contributed by atoms with Crippen LogP contribution in [-0.4, -0.2) is 16.2 Å². The number of hydrogen-bond acceptors (Lipinski definition) is 3. The van der Waals surface area contributed by atoms with Gasteiger partial charge in [0.1, 0.15) is 5.75 Å². The van der Waals surface area contributed by atoms with Crippen LogP contribution in [0.4, 0.5) is 0 Å². The summed E-state index contributed by atoms with van der Waals surface area (Å²) in [5.41, 5.74) is 5.49. The van der Waals surface area contributed by atoms with Crippen LogP contribution in [0.3, 0.4) is 0 Å². The molecule has 0 spiro atoms. The summed E-state index contributed by atoms with van der Waals surface area (Å²) >= 11 is 0. The number of fused-ring (bicyclic) bond motifs is 1. The lowest BCUT2D eigenvalue weighted by atomic mass is 9.50. The van der Waals surface area contributed by atoms with Crippen molar-refractivity contribution >= 4 is 16.7 Å². The molecule has 1 amide bonds. The zero-order valence-electron chi connectivity index (χ0n) is 17.4. The summed E-state index contributed by atoms with van der Waals surface area (Å²) in [5.74, 6) is 3.72. The van der Waals surface area contributed by atoms with Crippen molar-refractivity contribution in [3.05, 3.63) is 65.7 Å². The first-order valence-corrected chi connectivity index (χ1v) is 11.4. The number of hydroxylamine groups is 1. The quantitative estimate of drug-likeness (QED) is 0.371. The maximum atomic E-state index is 11.7. The lowest BCUT2D eigenvalue weighted by molar-refractivity contribution is -0.00345. The van der Waals surface area contributed by atoms with Gasteiger partial charge in [-0.25, -0.2) is 5.48 Å². The molecule has 4 aliphatic rings. The van der Waals surface area contributed by atoms with Gasteiger partial charge >= 0.3 is 0 Å². The Morgan fingerprint density at radius 1 is 0.774 bits per heavy atom. The smallest absolute Gasteiger partial charge is 0.274 e. The first-order chi connectivity index (χ1) is 15.1. The minimum atomic E-state index is -0.509. The maximum Gasteiger partial charge on any atom is 0.274 e. The van der Waals surface area contributed by atoms with E-state index in [1.54, 1.807) is 17.6 Å². The van der Waals surface area contributed by atoms with Gasteiger partial charge in [0.05, 0.1) is 0 Å². The third-order valence-corrected chi connectivity index (χ3v) is 8.15. The standard InChI is InChI=1S/C27H27NO3/c29-25-6-5-20(14-24(25)26-22-8-15-7-16(10-22)11-23(26)9-15)18-1-2-19-13-21(27(30)28-31)4-3-17(19)12-18/h1-6,12-16,22-23,26,29,31H,7-11H2,(H,28,30). The van der Waals surface area contributed by atoms with Crippen LogP contribution in [0.15, 0.2) is 54.6 Å². The van der Waals surface area contributed by atoms with Crippen molar-refractivity contribution in [2.45, 2.75) is 38.0 Å². The van der Waals surface area contributed by atoms with Crippen LogP contribution in [0, 0.1) is 23.7 Å². The van der Waals surface area contributed by atoms with Crippen molar-refractivity contribution in [1.82, 2.24) is 5.48 Å². The highest BCUT2D eigenvalue weighted by Gasteiger charge is 2.49. The summed E-state index contributed by atoms with van der Waals surface area (Å²) in [7, 11) is 0. The van der Waals surface area contributed by atoms with Gasteiger partial charge in [0.2, 0.25) is 0 Å².